The molecule has 92 valence electrons. The highest BCUT2D eigenvalue weighted by atomic mass is 35.5. The van der Waals surface area contributed by atoms with E-state index in [0.717, 1.165) is 12.8 Å². The predicted octanol–water partition coefficient (Wildman–Crippen LogP) is 3.89. The van der Waals surface area contributed by atoms with Crippen molar-refractivity contribution in [2.24, 2.45) is 5.73 Å². The van der Waals surface area contributed by atoms with E-state index in [9.17, 15) is 8.78 Å². The van der Waals surface area contributed by atoms with Gasteiger partial charge in [0.2, 0.25) is 0 Å². The molecule has 0 saturated carbocycles. The third kappa shape index (κ3) is 3.42. The fourth-order valence-electron chi connectivity index (χ4n) is 1.53. The van der Waals surface area contributed by atoms with Crippen LogP contribution in [0.3, 0.4) is 0 Å². The van der Waals surface area contributed by atoms with Gasteiger partial charge in [-0.3, -0.25) is 0 Å². The summed E-state index contributed by atoms with van der Waals surface area (Å²) < 4.78 is 26.7. The Hall–Kier alpha value is -0.670. The lowest BCUT2D eigenvalue weighted by molar-refractivity contribution is 0.475. The SMILES string of the molecule is CCCC[C@@H](N)c1ccc(C)c(F)c1F.Cl. The zero-order valence-electron chi connectivity index (χ0n) is 9.59. The second-order valence-corrected chi connectivity index (χ2v) is 3.85. The summed E-state index contributed by atoms with van der Waals surface area (Å²) in [6, 6.07) is 2.74. The molecule has 0 saturated heterocycles. The molecule has 16 heavy (non-hydrogen) atoms. The van der Waals surface area contributed by atoms with Gasteiger partial charge in [-0.2, -0.15) is 0 Å². The van der Waals surface area contributed by atoms with Gasteiger partial charge in [-0.15, -0.1) is 12.4 Å². The molecular weight excluding hydrogens is 232 g/mol. The van der Waals surface area contributed by atoms with Crippen molar-refractivity contribution >= 4 is 12.4 Å². The Kier molecular flexibility index (Phi) is 6.53. The van der Waals surface area contributed by atoms with E-state index in [0.29, 0.717) is 12.0 Å². The molecule has 1 rings (SSSR count). The van der Waals surface area contributed by atoms with E-state index in [1.54, 1.807) is 19.1 Å². The largest absolute Gasteiger partial charge is 0.324 e. The number of aryl methyl sites for hydroxylation is 1. The summed E-state index contributed by atoms with van der Waals surface area (Å²) in [7, 11) is 0. The summed E-state index contributed by atoms with van der Waals surface area (Å²) >= 11 is 0. The lowest BCUT2D eigenvalue weighted by Gasteiger charge is -2.13. The van der Waals surface area contributed by atoms with Crippen molar-refractivity contribution in [3.8, 4) is 0 Å². The minimum atomic E-state index is -0.793. The van der Waals surface area contributed by atoms with E-state index in [1.165, 1.54) is 0 Å². The van der Waals surface area contributed by atoms with Crippen LogP contribution in [0.2, 0.25) is 0 Å². The number of nitrogens with two attached hydrogens (primary N) is 1. The molecule has 0 aliphatic carbocycles. The molecule has 0 radical (unpaired) electrons. The van der Waals surface area contributed by atoms with Crippen molar-refractivity contribution in [1.29, 1.82) is 0 Å². The number of halogens is 3. The summed E-state index contributed by atoms with van der Waals surface area (Å²) in [5.41, 5.74) is 6.40. The molecule has 0 aliphatic heterocycles. The molecule has 1 aromatic carbocycles. The third-order valence-corrected chi connectivity index (χ3v) is 2.57. The van der Waals surface area contributed by atoms with Gasteiger partial charge in [0.05, 0.1) is 0 Å². The van der Waals surface area contributed by atoms with E-state index < -0.39 is 17.7 Å². The maximum Gasteiger partial charge on any atom is 0.163 e. The van der Waals surface area contributed by atoms with Gasteiger partial charge in [-0.1, -0.05) is 31.9 Å². The first-order valence-electron chi connectivity index (χ1n) is 5.28. The zero-order valence-corrected chi connectivity index (χ0v) is 10.4. The minimum Gasteiger partial charge on any atom is -0.324 e. The Labute approximate surface area is 101 Å². The minimum absolute atomic E-state index is 0. The quantitative estimate of drug-likeness (QED) is 0.861. The monoisotopic (exact) mass is 249 g/mol. The van der Waals surface area contributed by atoms with E-state index in [1.807, 2.05) is 6.92 Å². The molecule has 0 aliphatic rings. The van der Waals surface area contributed by atoms with Crippen molar-refractivity contribution in [3.63, 3.8) is 0 Å². The molecule has 1 nitrogen and oxygen atoms in total. The molecule has 1 aromatic rings. The van der Waals surface area contributed by atoms with Crippen LogP contribution < -0.4 is 5.73 Å². The van der Waals surface area contributed by atoms with Crippen LogP contribution in [0.15, 0.2) is 12.1 Å². The predicted molar refractivity (Wildman–Crippen MR) is 64.8 cm³/mol. The van der Waals surface area contributed by atoms with Gasteiger partial charge in [-0.05, 0) is 18.9 Å². The van der Waals surface area contributed by atoms with Crippen molar-refractivity contribution in [1.82, 2.24) is 0 Å². The summed E-state index contributed by atoms with van der Waals surface area (Å²) in [6.07, 6.45) is 2.62. The highest BCUT2D eigenvalue weighted by molar-refractivity contribution is 5.85. The number of rotatable bonds is 4. The lowest BCUT2D eigenvalue weighted by Crippen LogP contribution is -2.13. The van der Waals surface area contributed by atoms with Crippen molar-refractivity contribution in [3.05, 3.63) is 34.9 Å². The highest BCUT2D eigenvalue weighted by Crippen LogP contribution is 2.23. The Morgan fingerprint density at radius 3 is 2.44 bits per heavy atom. The Morgan fingerprint density at radius 1 is 1.25 bits per heavy atom. The molecule has 1 atom stereocenters. The molecule has 0 aromatic heterocycles. The molecule has 0 fully saturated rings. The topological polar surface area (TPSA) is 26.0 Å². The summed E-state index contributed by atoms with van der Waals surface area (Å²) in [5, 5.41) is 0. The summed E-state index contributed by atoms with van der Waals surface area (Å²) in [4.78, 5) is 0. The number of unbranched alkanes of at least 4 members (excludes halogenated alkanes) is 1. The molecular formula is C12H18ClF2N. The maximum absolute atomic E-state index is 13.5. The molecule has 0 amide bonds. The van der Waals surface area contributed by atoms with Crippen LogP contribution in [0.1, 0.15) is 43.4 Å². The maximum atomic E-state index is 13.5. The van der Waals surface area contributed by atoms with E-state index in [4.69, 9.17) is 5.73 Å². The average molecular weight is 250 g/mol. The van der Waals surface area contributed by atoms with Crippen LogP contribution in [0.5, 0.6) is 0 Å². The molecule has 2 N–H and O–H groups in total. The number of benzene rings is 1. The fraction of sp³-hybridized carbons (Fsp3) is 0.500. The molecule has 0 heterocycles. The third-order valence-electron chi connectivity index (χ3n) is 2.57. The van der Waals surface area contributed by atoms with E-state index in [2.05, 4.69) is 0 Å². The van der Waals surface area contributed by atoms with Gasteiger partial charge in [-0.25, -0.2) is 8.78 Å². The molecule has 4 heteroatoms. The smallest absolute Gasteiger partial charge is 0.163 e. The normalized spacial score (nSPS) is 12.1. The van der Waals surface area contributed by atoms with Gasteiger partial charge in [0.15, 0.2) is 11.6 Å². The standard InChI is InChI=1S/C12H17F2N.ClH/c1-3-4-5-10(15)9-7-6-8(2)11(13)12(9)14;/h6-7,10H,3-5,15H2,1-2H3;1H/t10-;/m1./s1. The van der Waals surface area contributed by atoms with Crippen LogP contribution in [-0.4, -0.2) is 0 Å². The summed E-state index contributed by atoms with van der Waals surface area (Å²) in [6.45, 7) is 3.58. The van der Waals surface area contributed by atoms with E-state index in [-0.39, 0.29) is 18.0 Å². The zero-order chi connectivity index (χ0) is 11.4. The second kappa shape index (κ2) is 6.81. The van der Waals surface area contributed by atoms with Crippen LogP contribution in [0.4, 0.5) is 8.78 Å². The van der Waals surface area contributed by atoms with Crippen molar-refractivity contribution in [2.45, 2.75) is 39.2 Å². The number of hydrogen-bond donors (Lipinski definition) is 1. The second-order valence-electron chi connectivity index (χ2n) is 3.85. The highest BCUT2D eigenvalue weighted by Gasteiger charge is 2.15. The van der Waals surface area contributed by atoms with Gasteiger partial charge >= 0.3 is 0 Å². The van der Waals surface area contributed by atoms with Gasteiger partial charge in [0, 0.05) is 11.6 Å². The first-order chi connectivity index (χ1) is 7.07. The fourth-order valence-corrected chi connectivity index (χ4v) is 1.53. The van der Waals surface area contributed by atoms with Crippen LogP contribution >= 0.6 is 12.4 Å². The van der Waals surface area contributed by atoms with E-state index >= 15 is 0 Å². The van der Waals surface area contributed by atoms with Crippen molar-refractivity contribution in [2.75, 3.05) is 0 Å². The Balaban J connectivity index is 0.00000225. The van der Waals surface area contributed by atoms with Gasteiger partial charge in [0.25, 0.3) is 0 Å². The van der Waals surface area contributed by atoms with Gasteiger partial charge < -0.3 is 5.73 Å². The number of hydrogen-bond acceptors (Lipinski definition) is 1. The van der Waals surface area contributed by atoms with Crippen LogP contribution in [-0.2, 0) is 0 Å². The van der Waals surface area contributed by atoms with Crippen LogP contribution in [0, 0.1) is 18.6 Å². The molecule has 0 spiro atoms. The average Bonchev–Trinajstić information content (AvgIpc) is 2.23. The molecule has 0 unspecified atom stereocenters. The Bertz CT molecular complexity index is 342. The summed E-state index contributed by atoms with van der Waals surface area (Å²) in [5.74, 6) is -1.57. The van der Waals surface area contributed by atoms with Crippen LogP contribution in [0.25, 0.3) is 0 Å². The Morgan fingerprint density at radius 2 is 1.88 bits per heavy atom. The first-order valence-corrected chi connectivity index (χ1v) is 5.28. The molecule has 0 bridgehead atoms. The van der Waals surface area contributed by atoms with Crippen molar-refractivity contribution < 1.29 is 8.78 Å². The lowest BCUT2D eigenvalue weighted by atomic mass is 10.00. The van der Waals surface area contributed by atoms with Gasteiger partial charge in [0.1, 0.15) is 0 Å². The first kappa shape index (κ1) is 15.3.